The van der Waals surface area contributed by atoms with Gasteiger partial charge in [0.2, 0.25) is 5.91 Å². The van der Waals surface area contributed by atoms with Gasteiger partial charge < -0.3 is 5.32 Å². The molecule has 2 aromatic carbocycles. The lowest BCUT2D eigenvalue weighted by Crippen LogP contribution is -2.37. The first kappa shape index (κ1) is 16.3. The summed E-state index contributed by atoms with van der Waals surface area (Å²) in [5.41, 5.74) is 1.27. The lowest BCUT2D eigenvalue weighted by Gasteiger charge is -2.13. The highest BCUT2D eigenvalue weighted by Gasteiger charge is 2.37. The van der Waals surface area contributed by atoms with E-state index >= 15 is 0 Å². The van der Waals surface area contributed by atoms with Crippen LogP contribution < -0.4 is 5.32 Å². The molecule has 1 heterocycles. The molecule has 0 saturated carbocycles. The Balaban J connectivity index is 1.76. The van der Waals surface area contributed by atoms with Gasteiger partial charge in [-0.3, -0.25) is 29.4 Å². The summed E-state index contributed by atoms with van der Waals surface area (Å²) >= 11 is 0. The van der Waals surface area contributed by atoms with Crippen molar-refractivity contribution in [3.63, 3.8) is 0 Å². The van der Waals surface area contributed by atoms with Crippen LogP contribution in [-0.2, 0) is 4.79 Å². The van der Waals surface area contributed by atoms with E-state index in [4.69, 9.17) is 0 Å². The molecular formula is C17H13N3O5. The fourth-order valence-electron chi connectivity index (χ4n) is 2.52. The molecule has 0 bridgehead atoms. The van der Waals surface area contributed by atoms with Gasteiger partial charge in [-0.25, -0.2) is 0 Å². The molecule has 8 nitrogen and oxygen atoms in total. The lowest BCUT2D eigenvalue weighted by atomic mass is 10.1. The van der Waals surface area contributed by atoms with Crippen molar-refractivity contribution < 1.29 is 19.3 Å². The van der Waals surface area contributed by atoms with Crippen molar-refractivity contribution in [2.24, 2.45) is 0 Å². The Morgan fingerprint density at radius 1 is 1.08 bits per heavy atom. The summed E-state index contributed by atoms with van der Waals surface area (Å²) in [6.07, 6.45) is 0. The Bertz CT molecular complexity index is 905. The fourth-order valence-corrected chi connectivity index (χ4v) is 2.52. The molecule has 0 saturated heterocycles. The van der Waals surface area contributed by atoms with Crippen molar-refractivity contribution in [2.75, 3.05) is 11.9 Å². The van der Waals surface area contributed by atoms with E-state index in [1.807, 2.05) is 19.1 Å². The number of carbonyl (C=O) groups excluding carboxylic acids is 3. The van der Waals surface area contributed by atoms with Crippen molar-refractivity contribution in [3.05, 3.63) is 69.3 Å². The van der Waals surface area contributed by atoms with Crippen LogP contribution >= 0.6 is 0 Å². The summed E-state index contributed by atoms with van der Waals surface area (Å²) in [6, 6.07) is 10.5. The van der Waals surface area contributed by atoms with E-state index in [2.05, 4.69) is 5.32 Å². The number of hydrogen-bond donors (Lipinski definition) is 1. The predicted octanol–water partition coefficient (Wildman–Crippen LogP) is 2.14. The summed E-state index contributed by atoms with van der Waals surface area (Å²) in [7, 11) is 0. The average Bonchev–Trinajstić information content (AvgIpc) is 2.81. The van der Waals surface area contributed by atoms with Gasteiger partial charge in [-0.15, -0.1) is 0 Å². The largest absolute Gasteiger partial charge is 0.325 e. The van der Waals surface area contributed by atoms with E-state index in [1.54, 1.807) is 12.1 Å². The zero-order valence-electron chi connectivity index (χ0n) is 13.2. The molecule has 126 valence electrons. The van der Waals surface area contributed by atoms with Crippen molar-refractivity contribution in [2.45, 2.75) is 6.92 Å². The van der Waals surface area contributed by atoms with Crippen LogP contribution in [0.4, 0.5) is 11.4 Å². The molecule has 3 amide bonds. The van der Waals surface area contributed by atoms with Crippen LogP contribution in [0, 0.1) is 17.0 Å². The van der Waals surface area contributed by atoms with Gasteiger partial charge in [0, 0.05) is 17.8 Å². The Morgan fingerprint density at radius 3 is 2.36 bits per heavy atom. The Hall–Kier alpha value is -3.55. The molecule has 1 N–H and O–H groups in total. The molecule has 0 aromatic heterocycles. The van der Waals surface area contributed by atoms with E-state index in [-0.39, 0.29) is 16.8 Å². The number of benzene rings is 2. The quantitative estimate of drug-likeness (QED) is 0.521. The molecular weight excluding hydrogens is 326 g/mol. The van der Waals surface area contributed by atoms with Crippen molar-refractivity contribution in [3.8, 4) is 0 Å². The highest BCUT2D eigenvalue weighted by atomic mass is 16.6. The summed E-state index contributed by atoms with van der Waals surface area (Å²) in [5.74, 6) is -1.90. The number of nitrogens with one attached hydrogen (secondary N) is 1. The molecule has 0 unspecified atom stereocenters. The molecule has 0 radical (unpaired) electrons. The Kier molecular flexibility index (Phi) is 4.02. The van der Waals surface area contributed by atoms with E-state index in [0.717, 1.165) is 22.6 Å². The van der Waals surface area contributed by atoms with Crippen LogP contribution in [0.1, 0.15) is 26.3 Å². The number of fused-ring (bicyclic) bond motifs is 1. The van der Waals surface area contributed by atoms with Crippen molar-refractivity contribution in [1.29, 1.82) is 0 Å². The lowest BCUT2D eigenvalue weighted by molar-refractivity contribution is -0.384. The Morgan fingerprint density at radius 2 is 1.72 bits per heavy atom. The molecule has 2 aromatic rings. The van der Waals surface area contributed by atoms with Crippen LogP contribution in [0.25, 0.3) is 0 Å². The number of carbonyl (C=O) groups is 3. The zero-order valence-corrected chi connectivity index (χ0v) is 13.2. The smallest absolute Gasteiger partial charge is 0.270 e. The number of non-ortho nitro benzene ring substituents is 1. The maximum Gasteiger partial charge on any atom is 0.270 e. The Labute approximate surface area is 142 Å². The molecule has 0 spiro atoms. The van der Waals surface area contributed by atoms with Crippen LogP contribution in [0.15, 0.2) is 42.5 Å². The first-order chi connectivity index (χ1) is 11.9. The van der Waals surface area contributed by atoms with Gasteiger partial charge in [-0.05, 0) is 25.1 Å². The van der Waals surface area contributed by atoms with Gasteiger partial charge in [-0.2, -0.15) is 0 Å². The number of amides is 3. The van der Waals surface area contributed by atoms with Crippen molar-refractivity contribution in [1.82, 2.24) is 4.90 Å². The van der Waals surface area contributed by atoms with Crippen LogP contribution in [0.5, 0.6) is 0 Å². The van der Waals surface area contributed by atoms with Gasteiger partial charge in [0.05, 0.1) is 16.1 Å². The molecule has 25 heavy (non-hydrogen) atoms. The molecule has 0 aliphatic carbocycles. The maximum absolute atomic E-state index is 12.3. The third-order valence-corrected chi connectivity index (χ3v) is 3.80. The van der Waals surface area contributed by atoms with E-state index in [9.17, 15) is 24.5 Å². The second-order valence-corrected chi connectivity index (χ2v) is 5.60. The first-order valence-corrected chi connectivity index (χ1v) is 7.38. The summed E-state index contributed by atoms with van der Waals surface area (Å²) in [6.45, 7) is 1.44. The van der Waals surface area contributed by atoms with E-state index in [0.29, 0.717) is 5.69 Å². The SMILES string of the molecule is Cc1ccc(NC(=O)CN2C(=O)c3ccc([N+](=O)[O-])cc3C2=O)cc1. The van der Waals surface area contributed by atoms with Crippen LogP contribution in [0.3, 0.4) is 0 Å². The molecule has 0 fully saturated rings. The topological polar surface area (TPSA) is 110 Å². The van der Waals surface area contributed by atoms with E-state index in [1.165, 1.54) is 6.07 Å². The highest BCUT2D eigenvalue weighted by molar-refractivity contribution is 6.23. The zero-order chi connectivity index (χ0) is 18.1. The molecule has 8 heteroatoms. The average molecular weight is 339 g/mol. The third kappa shape index (κ3) is 3.09. The minimum absolute atomic E-state index is 0.0544. The number of nitro benzene ring substituents is 1. The number of nitro groups is 1. The molecule has 0 atom stereocenters. The normalized spacial score (nSPS) is 12.9. The summed E-state index contributed by atoms with van der Waals surface area (Å²) in [5, 5.41) is 13.4. The number of anilines is 1. The van der Waals surface area contributed by atoms with Crippen LogP contribution in [-0.4, -0.2) is 34.1 Å². The standard InChI is InChI=1S/C17H13N3O5/c1-10-2-4-11(5-3-10)18-15(21)9-19-16(22)13-7-6-12(20(24)25)8-14(13)17(19)23/h2-8H,9H2,1H3,(H,18,21). The third-order valence-electron chi connectivity index (χ3n) is 3.80. The monoisotopic (exact) mass is 339 g/mol. The number of nitrogens with zero attached hydrogens (tertiary/aromatic N) is 2. The first-order valence-electron chi connectivity index (χ1n) is 7.38. The van der Waals surface area contributed by atoms with Gasteiger partial charge in [0.25, 0.3) is 17.5 Å². The fraction of sp³-hybridized carbons (Fsp3) is 0.118. The van der Waals surface area contributed by atoms with E-state index < -0.39 is 29.2 Å². The number of aryl methyl sites for hydroxylation is 1. The minimum Gasteiger partial charge on any atom is -0.325 e. The molecule has 1 aliphatic rings. The molecule has 1 aliphatic heterocycles. The number of hydrogen-bond acceptors (Lipinski definition) is 5. The van der Waals surface area contributed by atoms with Gasteiger partial charge in [0.15, 0.2) is 0 Å². The van der Waals surface area contributed by atoms with Gasteiger partial charge in [0.1, 0.15) is 6.54 Å². The minimum atomic E-state index is -0.720. The second-order valence-electron chi connectivity index (χ2n) is 5.60. The van der Waals surface area contributed by atoms with Crippen molar-refractivity contribution >= 4 is 29.1 Å². The van der Waals surface area contributed by atoms with Gasteiger partial charge in [-0.1, -0.05) is 17.7 Å². The number of rotatable bonds is 4. The summed E-state index contributed by atoms with van der Waals surface area (Å²) in [4.78, 5) is 47.6. The highest BCUT2D eigenvalue weighted by Crippen LogP contribution is 2.26. The maximum atomic E-state index is 12.3. The van der Waals surface area contributed by atoms with Crippen LogP contribution in [0.2, 0.25) is 0 Å². The van der Waals surface area contributed by atoms with Gasteiger partial charge >= 0.3 is 0 Å². The number of imide groups is 1. The predicted molar refractivity (Wildman–Crippen MR) is 88.3 cm³/mol. The second kappa shape index (κ2) is 6.16. The summed E-state index contributed by atoms with van der Waals surface area (Å²) < 4.78 is 0. The molecule has 3 rings (SSSR count).